The number of rotatable bonds is 5. The summed E-state index contributed by atoms with van der Waals surface area (Å²) in [4.78, 5) is 28.4. The van der Waals surface area contributed by atoms with Crippen LogP contribution in [0, 0.1) is 5.41 Å². The maximum Gasteiger partial charge on any atom is 0.318 e. The summed E-state index contributed by atoms with van der Waals surface area (Å²) in [7, 11) is 0. The largest absolute Gasteiger partial charge is 0.334 e. The molecule has 1 aromatic heterocycles. The summed E-state index contributed by atoms with van der Waals surface area (Å²) in [6, 6.07) is 19.9. The highest BCUT2D eigenvalue weighted by molar-refractivity contribution is 6.00. The van der Waals surface area contributed by atoms with E-state index in [0.717, 1.165) is 47.3 Å². The number of likely N-dealkylation sites (tertiary alicyclic amines) is 1. The summed E-state index contributed by atoms with van der Waals surface area (Å²) in [5.74, 6) is 0.150. The van der Waals surface area contributed by atoms with E-state index in [2.05, 4.69) is 31.3 Å². The fraction of sp³-hybridized carbons (Fsp3) is 0.393. The van der Waals surface area contributed by atoms with Crippen molar-refractivity contribution in [2.45, 2.75) is 58.7 Å². The molecule has 176 valence electrons. The van der Waals surface area contributed by atoms with E-state index in [1.54, 1.807) is 0 Å². The molecular formula is C28H32N4O2. The molecule has 0 saturated carbocycles. The number of urea groups is 1. The van der Waals surface area contributed by atoms with E-state index in [1.807, 2.05) is 58.1 Å². The second kappa shape index (κ2) is 9.09. The van der Waals surface area contributed by atoms with Crippen molar-refractivity contribution in [1.29, 1.82) is 0 Å². The van der Waals surface area contributed by atoms with E-state index in [4.69, 9.17) is 5.10 Å². The van der Waals surface area contributed by atoms with Crippen molar-refractivity contribution in [3.05, 3.63) is 88.7 Å². The molecule has 1 N–H and O–H groups in total. The van der Waals surface area contributed by atoms with Crippen LogP contribution in [-0.4, -0.2) is 33.0 Å². The molecule has 3 aromatic rings. The molecule has 2 amide bonds. The van der Waals surface area contributed by atoms with E-state index >= 15 is 0 Å². The van der Waals surface area contributed by atoms with Gasteiger partial charge in [0, 0.05) is 19.5 Å². The standard InChI is InChI=1S/C28H32N4O2/c1-28(2)16-23-25(24(33)17-28)26(30-32(23)19-21-12-7-4-8-13-21)22-14-9-15-31(22)27(34)29-18-20-10-5-3-6-11-20/h3-8,10-13,22H,9,14-19H2,1-2H3,(H,29,34)/t22-/m0/s1. The first kappa shape index (κ1) is 22.4. The number of amides is 2. The number of hydrogen-bond donors (Lipinski definition) is 1. The molecule has 1 aliphatic carbocycles. The zero-order valence-corrected chi connectivity index (χ0v) is 20.0. The average molecular weight is 457 g/mol. The molecule has 0 unspecified atom stereocenters. The van der Waals surface area contributed by atoms with Crippen molar-refractivity contribution >= 4 is 11.8 Å². The van der Waals surface area contributed by atoms with Crippen LogP contribution in [0.15, 0.2) is 60.7 Å². The number of ketones is 1. The molecule has 1 atom stereocenters. The molecule has 1 saturated heterocycles. The summed E-state index contributed by atoms with van der Waals surface area (Å²) in [5, 5.41) is 8.07. The van der Waals surface area contributed by atoms with Crippen LogP contribution in [0.4, 0.5) is 4.79 Å². The van der Waals surface area contributed by atoms with Gasteiger partial charge in [-0.2, -0.15) is 5.10 Å². The van der Waals surface area contributed by atoms with Gasteiger partial charge in [-0.25, -0.2) is 4.79 Å². The third-order valence-corrected chi connectivity index (χ3v) is 6.94. The van der Waals surface area contributed by atoms with E-state index < -0.39 is 0 Å². The predicted molar refractivity (Wildman–Crippen MR) is 132 cm³/mol. The van der Waals surface area contributed by atoms with Crippen molar-refractivity contribution in [2.24, 2.45) is 5.41 Å². The van der Waals surface area contributed by atoms with E-state index in [1.165, 1.54) is 0 Å². The van der Waals surface area contributed by atoms with Crippen LogP contribution in [0.25, 0.3) is 0 Å². The predicted octanol–water partition coefficient (Wildman–Crippen LogP) is 5.13. The number of hydrogen-bond acceptors (Lipinski definition) is 3. The Kier molecular flexibility index (Phi) is 5.98. The number of carbonyl (C=O) groups is 2. The molecule has 6 nitrogen and oxygen atoms in total. The zero-order valence-electron chi connectivity index (χ0n) is 20.0. The normalized spacial score (nSPS) is 19.2. The van der Waals surface area contributed by atoms with E-state index in [9.17, 15) is 9.59 Å². The highest BCUT2D eigenvalue weighted by atomic mass is 16.2. The smallest absolute Gasteiger partial charge is 0.318 e. The van der Waals surface area contributed by atoms with Gasteiger partial charge < -0.3 is 10.2 Å². The van der Waals surface area contributed by atoms with E-state index in [-0.39, 0.29) is 23.3 Å². The third-order valence-electron chi connectivity index (χ3n) is 6.94. The van der Waals surface area contributed by atoms with Crippen molar-refractivity contribution in [3.8, 4) is 0 Å². The van der Waals surface area contributed by atoms with Crippen molar-refractivity contribution in [1.82, 2.24) is 20.0 Å². The Balaban J connectivity index is 1.45. The summed E-state index contributed by atoms with van der Waals surface area (Å²) in [6.45, 7) is 6.07. The number of benzene rings is 2. The lowest BCUT2D eigenvalue weighted by atomic mass is 9.75. The molecular weight excluding hydrogens is 424 g/mol. The second-order valence-electron chi connectivity index (χ2n) is 10.3. The molecule has 0 spiro atoms. The molecule has 34 heavy (non-hydrogen) atoms. The van der Waals surface area contributed by atoms with Gasteiger partial charge in [0.05, 0.1) is 29.5 Å². The lowest BCUT2D eigenvalue weighted by molar-refractivity contribution is 0.0907. The minimum atomic E-state index is -0.174. The lowest BCUT2D eigenvalue weighted by Gasteiger charge is -2.30. The third kappa shape index (κ3) is 4.49. The SMILES string of the molecule is CC1(C)CC(=O)c2c([C@@H]3CCCN3C(=O)NCc3ccccc3)nn(Cc3ccccc3)c2C1. The summed E-state index contributed by atoms with van der Waals surface area (Å²) in [5.41, 5.74) is 4.66. The van der Waals surface area contributed by atoms with Gasteiger partial charge in [-0.05, 0) is 35.8 Å². The Morgan fingerprint density at radius 3 is 2.41 bits per heavy atom. The number of nitrogens with one attached hydrogen (secondary N) is 1. The molecule has 2 aliphatic rings. The van der Waals surface area contributed by atoms with Gasteiger partial charge in [0.15, 0.2) is 5.78 Å². The van der Waals surface area contributed by atoms with E-state index in [0.29, 0.717) is 26.1 Å². The maximum atomic E-state index is 13.4. The molecule has 0 bridgehead atoms. The number of carbonyl (C=O) groups excluding carboxylic acids is 2. The molecule has 6 heteroatoms. The van der Waals surface area contributed by atoms with Crippen LogP contribution < -0.4 is 5.32 Å². The highest BCUT2D eigenvalue weighted by Crippen LogP contribution is 2.41. The van der Waals surface area contributed by atoms with Gasteiger partial charge >= 0.3 is 6.03 Å². The number of Topliss-reactive ketones (excluding diaryl/α,β-unsaturated/α-hetero) is 1. The summed E-state index contributed by atoms with van der Waals surface area (Å²) < 4.78 is 2.01. The van der Waals surface area contributed by atoms with Crippen LogP contribution in [0.3, 0.4) is 0 Å². The van der Waals surface area contributed by atoms with Crippen LogP contribution in [0.5, 0.6) is 0 Å². The minimum absolute atomic E-state index is 0.0960. The first-order chi connectivity index (χ1) is 16.4. The molecule has 2 heterocycles. The Labute approximate surface area is 201 Å². The van der Waals surface area contributed by atoms with Crippen molar-refractivity contribution in [3.63, 3.8) is 0 Å². The summed E-state index contributed by atoms with van der Waals surface area (Å²) >= 11 is 0. The summed E-state index contributed by atoms with van der Waals surface area (Å²) in [6.07, 6.45) is 3.05. The highest BCUT2D eigenvalue weighted by Gasteiger charge is 2.41. The first-order valence-electron chi connectivity index (χ1n) is 12.2. The lowest BCUT2D eigenvalue weighted by Crippen LogP contribution is -2.39. The van der Waals surface area contributed by atoms with Crippen LogP contribution in [0.2, 0.25) is 0 Å². The Hall–Kier alpha value is -3.41. The quantitative estimate of drug-likeness (QED) is 0.579. The Morgan fingerprint density at radius 2 is 1.71 bits per heavy atom. The van der Waals surface area contributed by atoms with Crippen LogP contribution in [0.1, 0.15) is 72.0 Å². The topological polar surface area (TPSA) is 67.2 Å². The molecule has 2 aromatic carbocycles. The van der Waals surface area contributed by atoms with Gasteiger partial charge in [0.25, 0.3) is 0 Å². The minimum Gasteiger partial charge on any atom is -0.334 e. The number of nitrogens with zero attached hydrogens (tertiary/aromatic N) is 3. The molecule has 1 aliphatic heterocycles. The van der Waals surface area contributed by atoms with Crippen molar-refractivity contribution in [2.75, 3.05) is 6.54 Å². The Morgan fingerprint density at radius 1 is 1.03 bits per heavy atom. The Bertz CT molecular complexity index is 1180. The monoisotopic (exact) mass is 456 g/mol. The van der Waals surface area contributed by atoms with Crippen molar-refractivity contribution < 1.29 is 9.59 Å². The van der Waals surface area contributed by atoms with Gasteiger partial charge in [-0.1, -0.05) is 74.5 Å². The molecule has 0 radical (unpaired) electrons. The second-order valence-corrected chi connectivity index (χ2v) is 10.3. The fourth-order valence-corrected chi connectivity index (χ4v) is 5.33. The molecule has 1 fully saturated rings. The number of aromatic nitrogens is 2. The zero-order chi connectivity index (χ0) is 23.7. The van der Waals surface area contributed by atoms with Crippen LogP contribution >= 0.6 is 0 Å². The molecule has 5 rings (SSSR count). The van der Waals surface area contributed by atoms with Gasteiger partial charge in [0.2, 0.25) is 0 Å². The number of fused-ring (bicyclic) bond motifs is 1. The van der Waals surface area contributed by atoms with Gasteiger partial charge in [-0.3, -0.25) is 9.48 Å². The van der Waals surface area contributed by atoms with Crippen LogP contribution in [-0.2, 0) is 19.5 Å². The first-order valence-corrected chi connectivity index (χ1v) is 12.2. The maximum absolute atomic E-state index is 13.4. The van der Waals surface area contributed by atoms with Gasteiger partial charge in [-0.15, -0.1) is 0 Å². The average Bonchev–Trinajstić information content (AvgIpc) is 3.43. The fourth-order valence-electron chi connectivity index (χ4n) is 5.33. The van der Waals surface area contributed by atoms with Gasteiger partial charge in [0.1, 0.15) is 0 Å².